The van der Waals surface area contributed by atoms with Crippen molar-refractivity contribution in [2.24, 2.45) is 0 Å². The number of rotatable bonds is 4. The van der Waals surface area contributed by atoms with E-state index in [1.807, 2.05) is 0 Å². The summed E-state index contributed by atoms with van der Waals surface area (Å²) in [5.74, 6) is -0.806. The van der Waals surface area contributed by atoms with Gasteiger partial charge in [-0.15, -0.1) is 0 Å². The second-order valence-electron chi connectivity index (χ2n) is 2.89. The molecule has 0 aliphatic heterocycles. The summed E-state index contributed by atoms with van der Waals surface area (Å²) in [5, 5.41) is 20.8. The largest absolute Gasteiger partial charge is 0.506 e. The molecule has 0 fully saturated rings. The van der Waals surface area contributed by atoms with Crippen LogP contribution in [0.2, 0.25) is 0 Å². The standard InChI is InChI=1S/C9H9Br2NO3/c10-6-1-5(3-12-4-8(13)14)9(15)7(11)2-6/h1-2,12,15H,3-4H2,(H,13,14). The topological polar surface area (TPSA) is 69.6 Å². The summed E-state index contributed by atoms with van der Waals surface area (Å²) in [7, 11) is 0. The van der Waals surface area contributed by atoms with Gasteiger partial charge < -0.3 is 15.5 Å². The third-order valence-corrected chi connectivity index (χ3v) is 2.76. The molecule has 0 amide bonds. The minimum atomic E-state index is -0.927. The molecule has 15 heavy (non-hydrogen) atoms. The quantitative estimate of drug-likeness (QED) is 0.786. The van der Waals surface area contributed by atoms with Crippen molar-refractivity contribution in [3.8, 4) is 5.75 Å². The molecule has 0 aliphatic rings. The first-order valence-electron chi connectivity index (χ1n) is 4.10. The Balaban J connectivity index is 2.72. The van der Waals surface area contributed by atoms with Crippen LogP contribution in [-0.4, -0.2) is 22.7 Å². The number of carbonyl (C=O) groups is 1. The first kappa shape index (κ1) is 12.5. The number of carboxylic acids is 1. The van der Waals surface area contributed by atoms with Gasteiger partial charge in [0.05, 0.1) is 11.0 Å². The predicted molar refractivity (Wildman–Crippen MR) is 62.8 cm³/mol. The van der Waals surface area contributed by atoms with Gasteiger partial charge in [-0.1, -0.05) is 15.9 Å². The number of aromatic hydroxyl groups is 1. The maximum Gasteiger partial charge on any atom is 0.317 e. The maximum atomic E-state index is 10.3. The van der Waals surface area contributed by atoms with Gasteiger partial charge in [-0.05, 0) is 28.1 Å². The van der Waals surface area contributed by atoms with Gasteiger partial charge in [0.1, 0.15) is 5.75 Å². The molecule has 0 atom stereocenters. The molecule has 0 unspecified atom stereocenters. The van der Waals surface area contributed by atoms with Gasteiger partial charge in [-0.3, -0.25) is 4.79 Å². The lowest BCUT2D eigenvalue weighted by atomic mass is 10.2. The number of halogens is 2. The highest BCUT2D eigenvalue weighted by Crippen LogP contribution is 2.31. The zero-order chi connectivity index (χ0) is 11.4. The lowest BCUT2D eigenvalue weighted by molar-refractivity contribution is -0.136. The van der Waals surface area contributed by atoms with Crippen molar-refractivity contribution in [3.05, 3.63) is 26.6 Å². The van der Waals surface area contributed by atoms with Crippen molar-refractivity contribution in [1.82, 2.24) is 5.32 Å². The average Bonchev–Trinajstić information content (AvgIpc) is 2.12. The first-order valence-corrected chi connectivity index (χ1v) is 5.68. The first-order chi connectivity index (χ1) is 7.00. The number of phenols is 1. The molecule has 1 rings (SSSR count). The second kappa shape index (κ2) is 5.48. The molecule has 0 radical (unpaired) electrons. The Morgan fingerprint density at radius 3 is 2.67 bits per heavy atom. The predicted octanol–water partition coefficient (Wildman–Crippen LogP) is 2.09. The van der Waals surface area contributed by atoms with Crippen LogP contribution in [0.25, 0.3) is 0 Å². The molecule has 1 aromatic rings. The summed E-state index contributed by atoms with van der Waals surface area (Å²) in [6.07, 6.45) is 0. The number of phenolic OH excluding ortho intramolecular Hbond substituents is 1. The van der Waals surface area contributed by atoms with E-state index in [2.05, 4.69) is 37.2 Å². The summed E-state index contributed by atoms with van der Waals surface area (Å²) >= 11 is 6.48. The third kappa shape index (κ3) is 3.81. The van der Waals surface area contributed by atoms with E-state index < -0.39 is 5.97 Å². The molecule has 0 bridgehead atoms. The van der Waals surface area contributed by atoms with E-state index in [0.29, 0.717) is 16.6 Å². The van der Waals surface area contributed by atoms with Gasteiger partial charge in [0.2, 0.25) is 0 Å². The minimum absolute atomic E-state index is 0.121. The Morgan fingerprint density at radius 2 is 2.07 bits per heavy atom. The van der Waals surface area contributed by atoms with Gasteiger partial charge in [-0.25, -0.2) is 0 Å². The van der Waals surface area contributed by atoms with Crippen LogP contribution in [0.4, 0.5) is 0 Å². The van der Waals surface area contributed by atoms with Gasteiger partial charge in [0, 0.05) is 16.6 Å². The number of carboxylic acid groups (broad SMARTS) is 1. The Labute approximate surface area is 104 Å². The van der Waals surface area contributed by atoms with E-state index in [4.69, 9.17) is 5.11 Å². The fraction of sp³-hybridized carbons (Fsp3) is 0.222. The molecule has 6 heteroatoms. The van der Waals surface area contributed by atoms with Crippen LogP contribution in [0.1, 0.15) is 5.56 Å². The van der Waals surface area contributed by atoms with Crippen LogP contribution in [0, 0.1) is 0 Å². The normalized spacial score (nSPS) is 10.3. The molecule has 0 saturated carbocycles. The van der Waals surface area contributed by atoms with Crippen LogP contribution in [0.15, 0.2) is 21.1 Å². The number of hydrogen-bond donors (Lipinski definition) is 3. The molecule has 1 aromatic carbocycles. The Kier molecular flexibility index (Phi) is 4.56. The van der Waals surface area contributed by atoms with Crippen LogP contribution in [0.5, 0.6) is 5.75 Å². The van der Waals surface area contributed by atoms with E-state index in [1.54, 1.807) is 12.1 Å². The molecule has 0 heterocycles. The number of benzene rings is 1. The van der Waals surface area contributed by atoms with E-state index in [-0.39, 0.29) is 12.3 Å². The number of hydrogen-bond acceptors (Lipinski definition) is 3. The summed E-state index contributed by atoms with van der Waals surface area (Å²) in [4.78, 5) is 10.3. The number of nitrogens with one attached hydrogen (secondary N) is 1. The van der Waals surface area contributed by atoms with Gasteiger partial charge in [0.15, 0.2) is 0 Å². The van der Waals surface area contributed by atoms with E-state index in [1.165, 1.54) is 0 Å². The SMILES string of the molecule is O=C(O)CNCc1cc(Br)cc(Br)c1O. The molecule has 0 aromatic heterocycles. The molecule has 82 valence electrons. The third-order valence-electron chi connectivity index (χ3n) is 1.70. The van der Waals surface area contributed by atoms with Crippen molar-refractivity contribution >= 4 is 37.8 Å². The fourth-order valence-corrected chi connectivity index (χ4v) is 2.37. The summed E-state index contributed by atoms with van der Waals surface area (Å²) in [6, 6.07) is 3.45. The van der Waals surface area contributed by atoms with Gasteiger partial charge >= 0.3 is 5.97 Å². The van der Waals surface area contributed by atoms with Crippen LogP contribution >= 0.6 is 31.9 Å². The van der Waals surface area contributed by atoms with Crippen molar-refractivity contribution in [1.29, 1.82) is 0 Å². The maximum absolute atomic E-state index is 10.3. The second-order valence-corrected chi connectivity index (χ2v) is 4.66. The minimum Gasteiger partial charge on any atom is -0.506 e. The number of aliphatic carboxylic acids is 1. The fourth-order valence-electron chi connectivity index (χ4n) is 1.06. The van der Waals surface area contributed by atoms with E-state index >= 15 is 0 Å². The Hall–Kier alpha value is -0.590. The molecular weight excluding hydrogens is 330 g/mol. The van der Waals surface area contributed by atoms with Gasteiger partial charge in [0.25, 0.3) is 0 Å². The van der Waals surface area contributed by atoms with E-state index in [0.717, 1.165) is 4.47 Å². The lowest BCUT2D eigenvalue weighted by Gasteiger charge is -2.07. The van der Waals surface area contributed by atoms with Gasteiger partial charge in [-0.2, -0.15) is 0 Å². The Bertz CT molecular complexity index is 382. The van der Waals surface area contributed by atoms with Crippen LogP contribution < -0.4 is 5.32 Å². The van der Waals surface area contributed by atoms with Crippen LogP contribution in [0.3, 0.4) is 0 Å². The molecule has 0 aliphatic carbocycles. The zero-order valence-electron chi connectivity index (χ0n) is 7.63. The lowest BCUT2D eigenvalue weighted by Crippen LogP contribution is -2.21. The highest BCUT2D eigenvalue weighted by Gasteiger charge is 2.07. The summed E-state index contributed by atoms with van der Waals surface area (Å²) in [5.41, 5.74) is 0.637. The zero-order valence-corrected chi connectivity index (χ0v) is 10.8. The smallest absolute Gasteiger partial charge is 0.317 e. The monoisotopic (exact) mass is 337 g/mol. The highest BCUT2D eigenvalue weighted by molar-refractivity contribution is 9.11. The molecule has 0 saturated heterocycles. The summed E-state index contributed by atoms with van der Waals surface area (Å²) in [6.45, 7) is 0.166. The van der Waals surface area contributed by atoms with Crippen molar-refractivity contribution in [2.45, 2.75) is 6.54 Å². The summed E-state index contributed by atoms with van der Waals surface area (Å²) < 4.78 is 1.39. The van der Waals surface area contributed by atoms with Crippen molar-refractivity contribution < 1.29 is 15.0 Å². The van der Waals surface area contributed by atoms with E-state index in [9.17, 15) is 9.90 Å². The molecular formula is C9H9Br2NO3. The molecule has 0 spiro atoms. The van der Waals surface area contributed by atoms with Crippen molar-refractivity contribution in [2.75, 3.05) is 6.54 Å². The Morgan fingerprint density at radius 1 is 1.40 bits per heavy atom. The molecule has 3 N–H and O–H groups in total. The molecule has 4 nitrogen and oxygen atoms in total. The van der Waals surface area contributed by atoms with Crippen LogP contribution in [-0.2, 0) is 11.3 Å². The highest BCUT2D eigenvalue weighted by atomic mass is 79.9. The van der Waals surface area contributed by atoms with Crippen molar-refractivity contribution in [3.63, 3.8) is 0 Å². The average molecular weight is 339 g/mol.